The summed E-state index contributed by atoms with van der Waals surface area (Å²) in [5.74, 6) is 0. The van der Waals surface area contributed by atoms with E-state index in [0.29, 0.717) is 16.1 Å². The molecule has 0 saturated heterocycles. The van der Waals surface area contributed by atoms with Crippen LogP contribution in [-0.2, 0) is 6.54 Å². The van der Waals surface area contributed by atoms with Gasteiger partial charge >= 0.3 is 0 Å². The highest BCUT2D eigenvalue weighted by molar-refractivity contribution is 6.30. The van der Waals surface area contributed by atoms with E-state index in [0.717, 1.165) is 10.8 Å². The highest BCUT2D eigenvalue weighted by Gasteiger charge is 2.16. The molecule has 1 aromatic carbocycles. The van der Waals surface area contributed by atoms with Gasteiger partial charge in [0.25, 0.3) is 11.2 Å². The quantitative estimate of drug-likeness (QED) is 0.694. The molecule has 0 aliphatic heterocycles. The van der Waals surface area contributed by atoms with Gasteiger partial charge in [-0.25, -0.2) is 0 Å². The van der Waals surface area contributed by atoms with Crippen molar-refractivity contribution in [3.05, 3.63) is 73.1 Å². The van der Waals surface area contributed by atoms with Crippen molar-refractivity contribution in [3.8, 4) is 0 Å². The number of aliphatic hydroxyl groups is 1. The number of aromatic nitrogens is 1. The van der Waals surface area contributed by atoms with Crippen molar-refractivity contribution >= 4 is 17.3 Å². The fourth-order valence-corrected chi connectivity index (χ4v) is 2.19. The van der Waals surface area contributed by atoms with Gasteiger partial charge in [-0.15, -0.1) is 0 Å². The molecule has 0 saturated carbocycles. The molecule has 1 aromatic heterocycles. The van der Waals surface area contributed by atoms with Crippen molar-refractivity contribution < 1.29 is 10.0 Å². The van der Waals surface area contributed by atoms with Gasteiger partial charge in [0.1, 0.15) is 0 Å². The van der Waals surface area contributed by atoms with Crippen LogP contribution in [0.4, 0.5) is 5.69 Å². The Morgan fingerprint density at radius 2 is 2.14 bits per heavy atom. The minimum Gasteiger partial charge on any atom is -0.387 e. The molecular weight excluding hydrogens is 296 g/mol. The van der Waals surface area contributed by atoms with Crippen LogP contribution in [0.1, 0.15) is 17.2 Å². The Bertz CT molecular complexity index is 742. The summed E-state index contributed by atoms with van der Waals surface area (Å²) in [6.07, 6.45) is 0.162. The molecule has 6 nitrogen and oxygen atoms in total. The molecule has 0 aliphatic rings. The lowest BCUT2D eigenvalue weighted by Crippen LogP contribution is -2.23. The van der Waals surface area contributed by atoms with Crippen LogP contribution >= 0.6 is 11.6 Å². The van der Waals surface area contributed by atoms with Gasteiger partial charge in [0, 0.05) is 16.7 Å². The number of hydrogen-bond donors (Lipinski definition) is 1. The number of hydrogen-bond acceptors (Lipinski definition) is 4. The summed E-state index contributed by atoms with van der Waals surface area (Å²) >= 11 is 5.84. The summed E-state index contributed by atoms with van der Waals surface area (Å²) in [6.45, 7) is 1.41. The molecule has 0 bridgehead atoms. The lowest BCUT2D eigenvalue weighted by Gasteiger charge is -2.13. The van der Waals surface area contributed by atoms with Gasteiger partial charge in [-0.3, -0.25) is 14.9 Å². The van der Waals surface area contributed by atoms with E-state index in [4.69, 9.17) is 11.6 Å². The molecular formula is C14H13ClN2O4. The van der Waals surface area contributed by atoms with E-state index in [1.165, 1.54) is 13.0 Å². The Morgan fingerprint density at radius 1 is 1.43 bits per heavy atom. The van der Waals surface area contributed by atoms with Crippen LogP contribution in [0, 0.1) is 17.0 Å². The fourth-order valence-electron chi connectivity index (χ4n) is 1.99. The molecule has 0 spiro atoms. The normalized spacial score (nSPS) is 12.1. The van der Waals surface area contributed by atoms with Crippen LogP contribution in [0.2, 0.25) is 5.02 Å². The van der Waals surface area contributed by atoms with Gasteiger partial charge in [0.15, 0.2) is 0 Å². The van der Waals surface area contributed by atoms with E-state index < -0.39 is 16.6 Å². The first-order chi connectivity index (χ1) is 9.88. The average Bonchev–Trinajstić information content (AvgIpc) is 2.41. The second-order valence-electron chi connectivity index (χ2n) is 4.66. The molecule has 0 radical (unpaired) electrons. The van der Waals surface area contributed by atoms with Crippen LogP contribution in [0.3, 0.4) is 0 Å². The zero-order valence-electron chi connectivity index (χ0n) is 11.2. The number of rotatable bonds is 4. The molecule has 2 rings (SSSR count). The van der Waals surface area contributed by atoms with Crippen LogP contribution in [0.5, 0.6) is 0 Å². The predicted molar refractivity (Wildman–Crippen MR) is 78.5 cm³/mol. The third-order valence-electron chi connectivity index (χ3n) is 3.10. The first-order valence-corrected chi connectivity index (χ1v) is 6.55. The Kier molecular flexibility index (Phi) is 4.40. The molecule has 7 heteroatoms. The topological polar surface area (TPSA) is 85.4 Å². The van der Waals surface area contributed by atoms with Gasteiger partial charge in [0.05, 0.1) is 23.8 Å². The molecule has 1 atom stereocenters. The van der Waals surface area contributed by atoms with Crippen LogP contribution < -0.4 is 5.56 Å². The molecule has 2 aromatic rings. The summed E-state index contributed by atoms with van der Waals surface area (Å²) in [5, 5.41) is 21.5. The summed E-state index contributed by atoms with van der Waals surface area (Å²) in [7, 11) is 0. The number of nitro groups is 1. The predicted octanol–water partition coefficient (Wildman–Crippen LogP) is 2.45. The summed E-state index contributed by atoms with van der Waals surface area (Å²) in [6, 6.07) is 7.79. The van der Waals surface area contributed by atoms with Crippen molar-refractivity contribution in [3.63, 3.8) is 0 Å². The molecule has 0 unspecified atom stereocenters. The minimum absolute atomic E-state index is 0.0830. The maximum atomic E-state index is 11.9. The highest BCUT2D eigenvalue weighted by Crippen LogP contribution is 2.20. The maximum Gasteiger partial charge on any atom is 0.288 e. The molecule has 1 N–H and O–H groups in total. The number of pyridine rings is 1. The van der Waals surface area contributed by atoms with Gasteiger partial charge in [0.2, 0.25) is 0 Å². The Hall–Kier alpha value is -2.18. The Balaban J connectivity index is 2.33. The molecule has 21 heavy (non-hydrogen) atoms. The molecule has 0 amide bonds. The summed E-state index contributed by atoms with van der Waals surface area (Å²) < 4.78 is 1.12. The largest absolute Gasteiger partial charge is 0.387 e. The SMILES string of the molecule is Cc1cc(=O)n(C[C@H](O)c2cccc(Cl)c2)cc1[N+](=O)[O-]. The average molecular weight is 309 g/mol. The standard InChI is InChI=1S/C14H13ClN2O4/c1-9-5-14(19)16(7-12(9)17(20)21)8-13(18)10-3-2-4-11(15)6-10/h2-7,13,18H,8H2,1H3/t13-/m0/s1. The van der Waals surface area contributed by atoms with E-state index in [1.807, 2.05) is 0 Å². The van der Waals surface area contributed by atoms with E-state index in [1.54, 1.807) is 24.3 Å². The zero-order valence-corrected chi connectivity index (χ0v) is 11.9. The third-order valence-corrected chi connectivity index (χ3v) is 3.34. The summed E-state index contributed by atoms with van der Waals surface area (Å²) in [5.41, 5.74) is 0.267. The number of nitrogens with zero attached hydrogens (tertiary/aromatic N) is 2. The number of aryl methyl sites for hydroxylation is 1. The second-order valence-corrected chi connectivity index (χ2v) is 5.10. The zero-order chi connectivity index (χ0) is 15.6. The van der Waals surface area contributed by atoms with Crippen molar-refractivity contribution in [2.24, 2.45) is 0 Å². The smallest absolute Gasteiger partial charge is 0.288 e. The number of aliphatic hydroxyl groups excluding tert-OH is 1. The van der Waals surface area contributed by atoms with Gasteiger partial charge in [-0.2, -0.15) is 0 Å². The maximum absolute atomic E-state index is 11.9. The lowest BCUT2D eigenvalue weighted by atomic mass is 10.1. The van der Waals surface area contributed by atoms with Crippen molar-refractivity contribution in [2.45, 2.75) is 19.6 Å². The lowest BCUT2D eigenvalue weighted by molar-refractivity contribution is -0.386. The van der Waals surface area contributed by atoms with Gasteiger partial charge in [-0.1, -0.05) is 23.7 Å². The molecule has 0 fully saturated rings. The van der Waals surface area contributed by atoms with E-state index in [-0.39, 0.29) is 12.2 Å². The highest BCUT2D eigenvalue weighted by atomic mass is 35.5. The monoisotopic (exact) mass is 308 g/mol. The first kappa shape index (κ1) is 15.2. The van der Waals surface area contributed by atoms with Gasteiger partial charge < -0.3 is 9.67 Å². The first-order valence-electron chi connectivity index (χ1n) is 6.17. The van der Waals surface area contributed by atoms with Gasteiger partial charge in [-0.05, 0) is 24.6 Å². The molecule has 0 aliphatic carbocycles. The second kappa shape index (κ2) is 6.07. The van der Waals surface area contributed by atoms with E-state index in [2.05, 4.69) is 0 Å². The van der Waals surface area contributed by atoms with E-state index in [9.17, 15) is 20.0 Å². The van der Waals surface area contributed by atoms with Crippen LogP contribution in [0.15, 0.2) is 41.3 Å². The third kappa shape index (κ3) is 3.48. The summed E-state index contributed by atoms with van der Waals surface area (Å²) in [4.78, 5) is 22.2. The molecule has 110 valence electrons. The minimum atomic E-state index is -0.983. The van der Waals surface area contributed by atoms with Crippen LogP contribution in [0.25, 0.3) is 0 Å². The Labute approximate surface area is 125 Å². The Morgan fingerprint density at radius 3 is 2.76 bits per heavy atom. The van der Waals surface area contributed by atoms with Crippen molar-refractivity contribution in [1.82, 2.24) is 4.57 Å². The number of benzene rings is 1. The van der Waals surface area contributed by atoms with Crippen molar-refractivity contribution in [1.29, 1.82) is 0 Å². The van der Waals surface area contributed by atoms with Crippen molar-refractivity contribution in [2.75, 3.05) is 0 Å². The molecule has 1 heterocycles. The van der Waals surface area contributed by atoms with E-state index >= 15 is 0 Å². The van der Waals surface area contributed by atoms with Crippen LogP contribution in [-0.4, -0.2) is 14.6 Å². The fraction of sp³-hybridized carbons (Fsp3) is 0.214. The number of halogens is 1.